The van der Waals surface area contributed by atoms with Crippen LogP contribution in [0.3, 0.4) is 0 Å². The lowest BCUT2D eigenvalue weighted by molar-refractivity contribution is 0.0595. The Morgan fingerprint density at radius 3 is 2.37 bits per heavy atom. The van der Waals surface area contributed by atoms with Crippen LogP contribution in [0, 0.1) is 22.7 Å². The second kappa shape index (κ2) is 8.04. The zero-order valence-electron chi connectivity index (χ0n) is 15.6. The van der Waals surface area contributed by atoms with E-state index < -0.39 is 11.9 Å². The Balaban J connectivity index is 0.000000171. The smallest absolute Gasteiger partial charge is 0.357 e. The van der Waals surface area contributed by atoms with Crippen LogP contribution in [0.4, 0.5) is 0 Å². The summed E-state index contributed by atoms with van der Waals surface area (Å²) in [7, 11) is 2.96. The lowest BCUT2D eigenvalue weighted by Gasteiger charge is -1.98. The van der Waals surface area contributed by atoms with Crippen LogP contribution in [-0.4, -0.2) is 53.6 Å². The standard InChI is InChI=1S/2C9H6N4O2/c1-13-3-5(2-10)6-7(9(14)15)11-4-12-8(6)13;1-15-9(14)7-6-5(2-10)3-11-8(6)13-4-12-7/h3-4H,1H3,(H,14,15);3-4H,1H3,(H,11,12,13). The lowest BCUT2D eigenvalue weighted by Crippen LogP contribution is -2.05. The van der Waals surface area contributed by atoms with Gasteiger partial charge in [-0.25, -0.2) is 29.5 Å². The van der Waals surface area contributed by atoms with Gasteiger partial charge in [0.15, 0.2) is 11.4 Å². The quantitative estimate of drug-likeness (QED) is 0.459. The van der Waals surface area contributed by atoms with E-state index in [-0.39, 0.29) is 22.3 Å². The molecule has 4 heterocycles. The number of hydrogen-bond acceptors (Lipinski definition) is 9. The van der Waals surface area contributed by atoms with Crippen molar-refractivity contribution in [1.29, 1.82) is 10.5 Å². The van der Waals surface area contributed by atoms with Crippen molar-refractivity contribution in [3.63, 3.8) is 0 Å². The molecule has 12 nitrogen and oxygen atoms in total. The third-order valence-electron chi connectivity index (χ3n) is 4.05. The number of carboxylic acid groups (broad SMARTS) is 1. The van der Waals surface area contributed by atoms with Crippen LogP contribution in [0.5, 0.6) is 0 Å². The number of aromatic amines is 1. The molecule has 2 N–H and O–H groups in total. The molecule has 0 unspecified atom stereocenters. The van der Waals surface area contributed by atoms with E-state index in [0.29, 0.717) is 22.2 Å². The number of carbonyl (C=O) groups excluding carboxylic acids is 1. The maximum absolute atomic E-state index is 11.4. The molecule has 148 valence electrons. The van der Waals surface area contributed by atoms with Gasteiger partial charge in [0.05, 0.1) is 29.0 Å². The van der Waals surface area contributed by atoms with E-state index >= 15 is 0 Å². The number of ether oxygens (including phenoxy) is 1. The highest BCUT2D eigenvalue weighted by Crippen LogP contribution is 2.20. The molecule has 4 aromatic rings. The fourth-order valence-corrected chi connectivity index (χ4v) is 2.76. The average molecular weight is 404 g/mol. The zero-order chi connectivity index (χ0) is 21.8. The van der Waals surface area contributed by atoms with E-state index in [1.165, 1.54) is 32.2 Å². The van der Waals surface area contributed by atoms with Crippen LogP contribution in [0.1, 0.15) is 32.1 Å². The van der Waals surface area contributed by atoms with E-state index in [9.17, 15) is 9.59 Å². The Morgan fingerprint density at radius 2 is 1.73 bits per heavy atom. The molecule has 0 bridgehead atoms. The second-order valence-electron chi connectivity index (χ2n) is 5.74. The largest absolute Gasteiger partial charge is 0.476 e. The number of aryl methyl sites for hydroxylation is 1. The van der Waals surface area contributed by atoms with Crippen molar-refractivity contribution in [3.8, 4) is 12.1 Å². The Hall–Kier alpha value is -4.84. The number of rotatable bonds is 2. The molecule has 12 heteroatoms. The predicted molar refractivity (Wildman–Crippen MR) is 100 cm³/mol. The number of carboxylic acids is 1. The van der Waals surface area contributed by atoms with Crippen molar-refractivity contribution < 1.29 is 19.4 Å². The molecule has 0 saturated heterocycles. The van der Waals surface area contributed by atoms with Crippen molar-refractivity contribution in [2.45, 2.75) is 0 Å². The van der Waals surface area contributed by atoms with Crippen LogP contribution in [0.2, 0.25) is 0 Å². The number of aromatic nitrogens is 6. The number of methoxy groups -OCH3 is 1. The van der Waals surface area contributed by atoms with E-state index in [4.69, 9.17) is 15.6 Å². The zero-order valence-corrected chi connectivity index (χ0v) is 15.6. The van der Waals surface area contributed by atoms with Gasteiger partial charge in [-0.05, 0) is 0 Å². The summed E-state index contributed by atoms with van der Waals surface area (Å²) >= 11 is 0. The van der Waals surface area contributed by atoms with Gasteiger partial charge in [-0.15, -0.1) is 0 Å². The molecule has 0 fully saturated rings. The minimum absolute atomic E-state index is 0.0975. The van der Waals surface area contributed by atoms with Gasteiger partial charge in [-0.1, -0.05) is 0 Å². The Bertz CT molecular complexity index is 1370. The fraction of sp³-hybridized carbons (Fsp3) is 0.111. The Labute approximate surface area is 168 Å². The molecular formula is C18H12N8O4. The van der Waals surface area contributed by atoms with Crippen molar-refractivity contribution in [3.05, 3.63) is 47.6 Å². The van der Waals surface area contributed by atoms with Crippen molar-refractivity contribution in [2.24, 2.45) is 7.05 Å². The molecule has 0 saturated carbocycles. The summed E-state index contributed by atoms with van der Waals surface area (Å²) in [6.45, 7) is 0. The van der Waals surface area contributed by atoms with Crippen LogP contribution >= 0.6 is 0 Å². The average Bonchev–Trinajstić information content (AvgIpc) is 3.34. The van der Waals surface area contributed by atoms with E-state index in [0.717, 1.165) is 0 Å². The molecule has 0 atom stereocenters. The highest BCUT2D eigenvalue weighted by Gasteiger charge is 2.18. The first-order valence-electron chi connectivity index (χ1n) is 8.16. The van der Waals surface area contributed by atoms with Crippen LogP contribution < -0.4 is 0 Å². The second-order valence-corrected chi connectivity index (χ2v) is 5.74. The fourth-order valence-electron chi connectivity index (χ4n) is 2.76. The van der Waals surface area contributed by atoms with E-state index in [2.05, 4.69) is 29.7 Å². The number of H-pyrrole nitrogens is 1. The number of hydrogen-bond donors (Lipinski definition) is 2. The molecule has 0 amide bonds. The van der Waals surface area contributed by atoms with Crippen molar-refractivity contribution in [1.82, 2.24) is 29.5 Å². The van der Waals surface area contributed by atoms with Crippen molar-refractivity contribution in [2.75, 3.05) is 7.11 Å². The predicted octanol–water partition coefficient (Wildman–Crippen LogP) is 1.15. The summed E-state index contributed by atoms with van der Waals surface area (Å²) in [5, 5.41) is 27.3. The number of esters is 1. The first-order valence-corrected chi connectivity index (χ1v) is 8.16. The first-order chi connectivity index (χ1) is 14.4. The molecule has 0 spiro atoms. The third-order valence-corrected chi connectivity index (χ3v) is 4.05. The SMILES string of the molecule is COC(=O)c1ncnc2[nH]cc(C#N)c12.Cn1cc(C#N)c2c(C(=O)O)ncnc21. The molecule has 0 radical (unpaired) electrons. The summed E-state index contributed by atoms with van der Waals surface area (Å²) in [5.41, 5.74) is 1.44. The topological polar surface area (TPSA) is 183 Å². The van der Waals surface area contributed by atoms with Gasteiger partial charge in [0.25, 0.3) is 0 Å². The minimum atomic E-state index is -1.16. The molecule has 4 aromatic heterocycles. The van der Waals surface area contributed by atoms with E-state index in [1.807, 2.05) is 12.1 Å². The summed E-state index contributed by atoms with van der Waals surface area (Å²) in [5.74, 6) is -1.75. The highest BCUT2D eigenvalue weighted by atomic mass is 16.5. The van der Waals surface area contributed by atoms with Gasteiger partial charge >= 0.3 is 11.9 Å². The lowest BCUT2D eigenvalue weighted by atomic mass is 10.2. The normalized spacial score (nSPS) is 10.0. The molecule has 30 heavy (non-hydrogen) atoms. The maximum Gasteiger partial charge on any atom is 0.357 e. The summed E-state index contributed by atoms with van der Waals surface area (Å²) in [6.07, 6.45) is 5.43. The van der Waals surface area contributed by atoms with Crippen LogP contribution in [-0.2, 0) is 11.8 Å². The molecule has 0 aliphatic rings. The molecule has 0 aliphatic heterocycles. The van der Waals surface area contributed by atoms with E-state index in [1.54, 1.807) is 11.6 Å². The molecule has 4 rings (SSSR count). The monoisotopic (exact) mass is 404 g/mol. The molecule has 0 aliphatic carbocycles. The summed E-state index contributed by atoms with van der Waals surface area (Å²) < 4.78 is 6.16. The number of nitrogens with zero attached hydrogens (tertiary/aromatic N) is 7. The van der Waals surface area contributed by atoms with Gasteiger partial charge in [-0.3, -0.25) is 0 Å². The number of carbonyl (C=O) groups is 2. The van der Waals surface area contributed by atoms with Gasteiger partial charge in [-0.2, -0.15) is 10.5 Å². The molecular weight excluding hydrogens is 392 g/mol. The van der Waals surface area contributed by atoms with Gasteiger partial charge in [0.1, 0.15) is 36.1 Å². The maximum atomic E-state index is 11.4. The Morgan fingerprint density at radius 1 is 1.07 bits per heavy atom. The number of fused-ring (bicyclic) bond motifs is 2. The summed E-state index contributed by atoms with van der Waals surface area (Å²) in [6, 6.07) is 3.87. The Kier molecular flexibility index (Phi) is 5.33. The van der Waals surface area contributed by atoms with Gasteiger partial charge < -0.3 is 19.4 Å². The van der Waals surface area contributed by atoms with Gasteiger partial charge in [0.2, 0.25) is 0 Å². The van der Waals surface area contributed by atoms with Crippen molar-refractivity contribution >= 4 is 34.0 Å². The van der Waals surface area contributed by atoms with Gasteiger partial charge in [0, 0.05) is 19.4 Å². The first kappa shape index (κ1) is 19.9. The van der Waals surface area contributed by atoms with Crippen LogP contribution in [0.25, 0.3) is 22.1 Å². The third kappa shape index (κ3) is 3.36. The number of nitriles is 2. The summed E-state index contributed by atoms with van der Waals surface area (Å²) in [4.78, 5) is 40.3. The highest BCUT2D eigenvalue weighted by molar-refractivity contribution is 6.03. The number of aromatic carboxylic acids is 1. The van der Waals surface area contributed by atoms with Crippen LogP contribution in [0.15, 0.2) is 25.0 Å². The minimum Gasteiger partial charge on any atom is -0.476 e. The number of nitrogens with one attached hydrogen (secondary N) is 1. The molecule has 0 aromatic carbocycles.